The van der Waals surface area contributed by atoms with Gasteiger partial charge >= 0.3 is 12.1 Å². The first-order chi connectivity index (χ1) is 11.3. The monoisotopic (exact) mass is 344 g/mol. The molecular weight excluding hydrogens is 325 g/mol. The van der Waals surface area contributed by atoms with E-state index in [2.05, 4.69) is 10.7 Å². The van der Waals surface area contributed by atoms with Crippen molar-refractivity contribution in [1.29, 1.82) is 0 Å². The van der Waals surface area contributed by atoms with Crippen molar-refractivity contribution >= 4 is 5.97 Å². The molecule has 7 heteroatoms. The Balaban J connectivity index is 2.34. The van der Waals surface area contributed by atoms with Crippen molar-refractivity contribution in [1.82, 2.24) is 0 Å². The van der Waals surface area contributed by atoms with Gasteiger partial charge in [0.2, 0.25) is 0 Å². The van der Waals surface area contributed by atoms with Crippen LogP contribution in [0.2, 0.25) is 0 Å². The Bertz CT molecular complexity index is 559. The summed E-state index contributed by atoms with van der Waals surface area (Å²) in [6.07, 6.45) is -7.21. The van der Waals surface area contributed by atoms with E-state index in [-0.39, 0.29) is 13.4 Å². The van der Waals surface area contributed by atoms with Crippen LogP contribution in [0.3, 0.4) is 0 Å². The van der Waals surface area contributed by atoms with Gasteiger partial charge in [-0.1, -0.05) is 50.1 Å². The molecule has 0 aliphatic heterocycles. The Kier molecular flexibility index (Phi) is 8.30. The van der Waals surface area contributed by atoms with Gasteiger partial charge < -0.3 is 14.2 Å². The van der Waals surface area contributed by atoms with Gasteiger partial charge in [0.05, 0.1) is 12.5 Å². The second-order valence-electron chi connectivity index (χ2n) is 5.13. The summed E-state index contributed by atoms with van der Waals surface area (Å²) >= 11 is 0. The molecule has 0 spiro atoms. The highest BCUT2D eigenvalue weighted by molar-refractivity contribution is 5.72. The summed E-state index contributed by atoms with van der Waals surface area (Å²) in [5.41, 5.74) is 0.949. The maximum atomic E-state index is 12.7. The molecule has 1 atom stereocenters. The normalized spacial score (nSPS) is 12.4. The number of benzene rings is 1. The molecule has 0 N–H and O–H groups in total. The highest BCUT2D eigenvalue weighted by atomic mass is 19.4. The van der Waals surface area contributed by atoms with Crippen LogP contribution >= 0.6 is 0 Å². The van der Waals surface area contributed by atoms with Crippen LogP contribution in [0.4, 0.5) is 13.2 Å². The fourth-order valence-corrected chi connectivity index (χ4v) is 1.45. The molecule has 0 radical (unpaired) electrons. The minimum Gasteiger partial charge on any atom is -0.439 e. The van der Waals surface area contributed by atoms with Crippen molar-refractivity contribution < 1.29 is 32.2 Å². The van der Waals surface area contributed by atoms with Crippen LogP contribution in [-0.2, 0) is 25.6 Å². The number of carbonyl (C=O) groups excluding carboxylic acids is 1. The molecule has 0 fully saturated rings. The zero-order valence-electron chi connectivity index (χ0n) is 13.4. The second kappa shape index (κ2) is 9.96. The highest BCUT2D eigenvalue weighted by Gasteiger charge is 2.42. The Labute approximate surface area is 138 Å². The molecule has 132 valence electrons. The summed E-state index contributed by atoms with van der Waals surface area (Å²) in [6, 6.07) is 9.34. The van der Waals surface area contributed by atoms with Gasteiger partial charge in [-0.15, -0.1) is 0 Å². The lowest BCUT2D eigenvalue weighted by Gasteiger charge is -2.16. The van der Waals surface area contributed by atoms with Crippen molar-refractivity contribution in [2.24, 2.45) is 5.92 Å². The predicted octanol–water partition coefficient (Wildman–Crippen LogP) is 3.31. The third-order valence-electron chi connectivity index (χ3n) is 2.69. The second-order valence-corrected chi connectivity index (χ2v) is 5.13. The molecule has 0 aliphatic rings. The number of carbonyl (C=O) groups is 1. The van der Waals surface area contributed by atoms with E-state index in [4.69, 9.17) is 9.47 Å². The lowest BCUT2D eigenvalue weighted by Crippen LogP contribution is -2.34. The van der Waals surface area contributed by atoms with Crippen LogP contribution < -0.4 is 0 Å². The third-order valence-corrected chi connectivity index (χ3v) is 2.69. The van der Waals surface area contributed by atoms with E-state index >= 15 is 0 Å². The summed E-state index contributed by atoms with van der Waals surface area (Å²) < 4.78 is 52.6. The Hall–Kier alpha value is -2.04. The van der Waals surface area contributed by atoms with Gasteiger partial charge in [-0.05, 0) is 11.5 Å². The summed E-state index contributed by atoms with van der Waals surface area (Å²) in [4.78, 5) is 11.3. The summed E-state index contributed by atoms with van der Waals surface area (Å²) in [5.74, 6) is 2.41. The fourth-order valence-electron chi connectivity index (χ4n) is 1.45. The number of ether oxygens (including phenoxy) is 3. The molecule has 24 heavy (non-hydrogen) atoms. The van der Waals surface area contributed by atoms with Crippen molar-refractivity contribution in [3.63, 3.8) is 0 Å². The lowest BCUT2D eigenvalue weighted by atomic mass is 10.2. The fraction of sp³-hybridized carbons (Fsp3) is 0.471. The van der Waals surface area contributed by atoms with Crippen LogP contribution in [0.5, 0.6) is 0 Å². The number of hydrogen-bond acceptors (Lipinski definition) is 4. The van der Waals surface area contributed by atoms with Crippen molar-refractivity contribution in [2.75, 3.05) is 13.4 Å². The quantitative estimate of drug-likeness (QED) is 0.329. The molecule has 0 bridgehead atoms. The molecular formula is C17H19F3O4. The van der Waals surface area contributed by atoms with Gasteiger partial charge in [0, 0.05) is 0 Å². The number of esters is 1. The van der Waals surface area contributed by atoms with Gasteiger partial charge in [0.1, 0.15) is 13.4 Å². The molecule has 1 aromatic carbocycles. The summed E-state index contributed by atoms with van der Waals surface area (Å²) in [5, 5.41) is 0. The van der Waals surface area contributed by atoms with E-state index in [0.29, 0.717) is 6.61 Å². The van der Waals surface area contributed by atoms with E-state index in [0.717, 1.165) is 5.56 Å². The van der Waals surface area contributed by atoms with Crippen molar-refractivity contribution in [3.05, 3.63) is 35.9 Å². The van der Waals surface area contributed by atoms with E-state index < -0.39 is 24.2 Å². The van der Waals surface area contributed by atoms with Gasteiger partial charge in [0.15, 0.2) is 0 Å². The molecule has 0 heterocycles. The van der Waals surface area contributed by atoms with Crippen molar-refractivity contribution in [3.8, 4) is 11.8 Å². The summed E-state index contributed by atoms with van der Waals surface area (Å²) in [6.45, 7) is 2.84. The smallest absolute Gasteiger partial charge is 0.437 e. The predicted molar refractivity (Wildman–Crippen MR) is 80.6 cm³/mol. The number of hydrogen-bond donors (Lipinski definition) is 0. The average Bonchev–Trinajstić information content (AvgIpc) is 2.52. The van der Waals surface area contributed by atoms with Crippen LogP contribution in [-0.4, -0.2) is 31.6 Å². The first-order valence-corrected chi connectivity index (χ1v) is 7.25. The topological polar surface area (TPSA) is 44.8 Å². The maximum absolute atomic E-state index is 12.7. The van der Waals surface area contributed by atoms with Gasteiger partial charge in [0.25, 0.3) is 6.10 Å². The first kappa shape index (κ1) is 20.0. The zero-order chi connectivity index (χ0) is 18.0. The number of alkyl halides is 3. The third kappa shape index (κ3) is 7.99. The lowest BCUT2D eigenvalue weighted by molar-refractivity contribution is -0.207. The van der Waals surface area contributed by atoms with E-state index in [1.807, 2.05) is 36.3 Å². The summed E-state index contributed by atoms with van der Waals surface area (Å²) in [7, 11) is 0. The van der Waals surface area contributed by atoms with E-state index in [1.54, 1.807) is 0 Å². The number of rotatable bonds is 7. The molecule has 1 unspecified atom stereocenters. The molecule has 0 amide bonds. The molecule has 1 rings (SSSR count). The zero-order valence-corrected chi connectivity index (χ0v) is 13.4. The molecule has 0 aromatic heterocycles. The van der Waals surface area contributed by atoms with Crippen LogP contribution in [0.25, 0.3) is 0 Å². The van der Waals surface area contributed by atoms with Gasteiger partial charge in [-0.3, -0.25) is 4.79 Å². The van der Waals surface area contributed by atoms with Crippen LogP contribution in [0, 0.1) is 17.8 Å². The van der Waals surface area contributed by atoms with E-state index in [1.165, 1.54) is 13.8 Å². The van der Waals surface area contributed by atoms with Crippen molar-refractivity contribution in [2.45, 2.75) is 32.7 Å². The molecule has 4 nitrogen and oxygen atoms in total. The Morgan fingerprint density at radius 3 is 2.42 bits per heavy atom. The van der Waals surface area contributed by atoms with Crippen LogP contribution in [0.1, 0.15) is 19.4 Å². The highest BCUT2D eigenvalue weighted by Crippen LogP contribution is 2.23. The SMILES string of the molecule is CC(C)C(=O)OC(C#CCOCOCc1ccccc1)C(F)(F)F. The standard InChI is InChI=1S/C17H19F3O4/c1-13(2)16(21)24-15(17(18,19)20)9-6-10-22-12-23-11-14-7-4-3-5-8-14/h3-5,7-8,13,15H,10-12H2,1-2H3. The largest absolute Gasteiger partial charge is 0.439 e. The van der Waals surface area contributed by atoms with Gasteiger partial charge in [-0.25, -0.2) is 0 Å². The molecule has 0 aliphatic carbocycles. The molecule has 1 aromatic rings. The number of halogens is 3. The van der Waals surface area contributed by atoms with Crippen LogP contribution in [0.15, 0.2) is 30.3 Å². The first-order valence-electron chi connectivity index (χ1n) is 7.25. The molecule has 0 saturated heterocycles. The minimum absolute atomic E-state index is 0.105. The van der Waals surface area contributed by atoms with Gasteiger partial charge in [-0.2, -0.15) is 13.2 Å². The maximum Gasteiger partial charge on any atom is 0.437 e. The Morgan fingerprint density at radius 1 is 1.17 bits per heavy atom. The van der Waals surface area contributed by atoms with E-state index in [9.17, 15) is 18.0 Å². The average molecular weight is 344 g/mol. The Morgan fingerprint density at radius 2 is 1.83 bits per heavy atom. The minimum atomic E-state index is -4.75. The molecule has 0 saturated carbocycles.